The Morgan fingerprint density at radius 1 is 1.28 bits per heavy atom. The Hall–Kier alpha value is -2.64. The zero-order chi connectivity index (χ0) is 17.8. The molecule has 8 heteroatoms. The van der Waals surface area contributed by atoms with Crippen molar-refractivity contribution < 1.29 is 4.79 Å². The second kappa shape index (κ2) is 7.50. The molecule has 1 atom stereocenters. The molecule has 1 aliphatic rings. The van der Waals surface area contributed by atoms with E-state index in [4.69, 9.17) is 0 Å². The fourth-order valence-corrected chi connectivity index (χ4v) is 3.22. The quantitative estimate of drug-likeness (QED) is 0.879. The van der Waals surface area contributed by atoms with Gasteiger partial charge in [0.2, 0.25) is 5.95 Å². The largest absolute Gasteiger partial charge is 0.341 e. The van der Waals surface area contributed by atoms with Gasteiger partial charge in [0.05, 0.1) is 11.7 Å². The van der Waals surface area contributed by atoms with Gasteiger partial charge in [-0.15, -0.1) is 0 Å². The van der Waals surface area contributed by atoms with Gasteiger partial charge in [0.15, 0.2) is 0 Å². The van der Waals surface area contributed by atoms with E-state index in [1.165, 1.54) is 0 Å². The molecule has 134 valence electrons. The summed E-state index contributed by atoms with van der Waals surface area (Å²) in [6.07, 6.45) is 7.21. The van der Waals surface area contributed by atoms with Crippen LogP contribution in [0, 0.1) is 6.92 Å². The Kier molecular flexibility index (Phi) is 5.16. The predicted molar refractivity (Wildman–Crippen MR) is 95.3 cm³/mol. The second-order valence-corrected chi connectivity index (χ2v) is 6.49. The van der Waals surface area contributed by atoms with E-state index in [0.29, 0.717) is 0 Å². The molecule has 0 spiro atoms. The van der Waals surface area contributed by atoms with Crippen LogP contribution < -0.4 is 15.5 Å². The van der Waals surface area contributed by atoms with Crippen molar-refractivity contribution in [1.82, 2.24) is 30.4 Å². The third-order valence-electron chi connectivity index (χ3n) is 4.53. The summed E-state index contributed by atoms with van der Waals surface area (Å²) in [5.41, 5.74) is 1.97. The average molecular weight is 343 g/mol. The standard InChI is InChI=1S/C17H25N7O/c1-12(15-11-23(3)22-13(15)2)20-17(25)21-14-5-9-24(10-6-14)16-18-7-4-8-19-16/h4,7-8,11-12,14H,5-6,9-10H2,1-3H3,(H2,20,21,25). The van der Waals surface area contributed by atoms with Gasteiger partial charge in [-0.05, 0) is 32.8 Å². The zero-order valence-corrected chi connectivity index (χ0v) is 14.9. The van der Waals surface area contributed by atoms with Gasteiger partial charge in [-0.2, -0.15) is 5.10 Å². The van der Waals surface area contributed by atoms with Crippen molar-refractivity contribution in [3.63, 3.8) is 0 Å². The number of amides is 2. The number of nitrogens with one attached hydrogen (secondary N) is 2. The maximum Gasteiger partial charge on any atom is 0.315 e. The number of hydrogen-bond donors (Lipinski definition) is 2. The Balaban J connectivity index is 1.47. The van der Waals surface area contributed by atoms with Crippen molar-refractivity contribution in [3.05, 3.63) is 35.9 Å². The lowest BCUT2D eigenvalue weighted by Gasteiger charge is -2.32. The van der Waals surface area contributed by atoms with Crippen molar-refractivity contribution in [2.45, 2.75) is 38.8 Å². The van der Waals surface area contributed by atoms with Crippen LogP contribution in [0.5, 0.6) is 0 Å². The predicted octanol–water partition coefficient (Wildman–Crippen LogP) is 1.55. The third-order valence-corrected chi connectivity index (χ3v) is 4.53. The number of nitrogens with zero attached hydrogens (tertiary/aromatic N) is 5. The Bertz CT molecular complexity index is 707. The van der Waals surface area contributed by atoms with Crippen LogP contribution in [0.4, 0.5) is 10.7 Å². The molecule has 1 unspecified atom stereocenters. The van der Waals surface area contributed by atoms with Crippen LogP contribution in [0.15, 0.2) is 24.7 Å². The number of anilines is 1. The first-order valence-corrected chi connectivity index (χ1v) is 8.62. The number of piperidine rings is 1. The van der Waals surface area contributed by atoms with E-state index in [0.717, 1.165) is 43.1 Å². The number of aryl methyl sites for hydroxylation is 2. The van der Waals surface area contributed by atoms with Gasteiger partial charge in [0.1, 0.15) is 0 Å². The van der Waals surface area contributed by atoms with Gasteiger partial charge in [0, 0.05) is 50.3 Å². The Morgan fingerprint density at radius 2 is 1.96 bits per heavy atom. The van der Waals surface area contributed by atoms with Crippen LogP contribution in [-0.2, 0) is 7.05 Å². The smallest absolute Gasteiger partial charge is 0.315 e. The third kappa shape index (κ3) is 4.26. The number of carbonyl (C=O) groups excluding carboxylic acids is 1. The van der Waals surface area contributed by atoms with E-state index >= 15 is 0 Å². The van der Waals surface area contributed by atoms with Crippen LogP contribution in [0.25, 0.3) is 0 Å². The van der Waals surface area contributed by atoms with Crippen molar-refractivity contribution in [2.24, 2.45) is 7.05 Å². The van der Waals surface area contributed by atoms with Gasteiger partial charge >= 0.3 is 6.03 Å². The number of aromatic nitrogens is 4. The molecule has 0 bridgehead atoms. The Morgan fingerprint density at radius 3 is 2.56 bits per heavy atom. The molecular formula is C17H25N7O. The van der Waals surface area contributed by atoms with E-state index in [1.807, 2.05) is 33.2 Å². The summed E-state index contributed by atoms with van der Waals surface area (Å²) in [5.74, 6) is 0.756. The summed E-state index contributed by atoms with van der Waals surface area (Å²) < 4.78 is 1.77. The zero-order valence-electron chi connectivity index (χ0n) is 14.9. The molecule has 2 aromatic rings. The SMILES string of the molecule is Cc1nn(C)cc1C(C)NC(=O)NC1CCN(c2ncccn2)CC1. The highest BCUT2D eigenvalue weighted by Crippen LogP contribution is 2.17. The van der Waals surface area contributed by atoms with E-state index in [2.05, 4.69) is 30.6 Å². The van der Waals surface area contributed by atoms with Gasteiger partial charge in [0.25, 0.3) is 0 Å². The lowest BCUT2D eigenvalue weighted by atomic mass is 10.1. The highest BCUT2D eigenvalue weighted by molar-refractivity contribution is 5.74. The van der Waals surface area contributed by atoms with Crippen molar-refractivity contribution in [3.8, 4) is 0 Å². The minimum absolute atomic E-state index is 0.0773. The van der Waals surface area contributed by atoms with Crippen LogP contribution in [0.3, 0.4) is 0 Å². The van der Waals surface area contributed by atoms with Gasteiger partial charge < -0.3 is 15.5 Å². The highest BCUT2D eigenvalue weighted by Gasteiger charge is 2.23. The maximum absolute atomic E-state index is 12.3. The van der Waals surface area contributed by atoms with E-state index in [9.17, 15) is 4.79 Å². The average Bonchev–Trinajstić information content (AvgIpc) is 2.95. The summed E-state index contributed by atoms with van der Waals surface area (Å²) in [6.45, 7) is 5.60. The lowest BCUT2D eigenvalue weighted by molar-refractivity contribution is 0.231. The van der Waals surface area contributed by atoms with Gasteiger partial charge in [-0.1, -0.05) is 0 Å². The number of rotatable bonds is 4. The summed E-state index contributed by atoms with van der Waals surface area (Å²) in [6, 6.07) is 1.77. The topological polar surface area (TPSA) is 88.0 Å². The summed E-state index contributed by atoms with van der Waals surface area (Å²) >= 11 is 0. The molecule has 1 aliphatic heterocycles. The van der Waals surface area contributed by atoms with E-state index in [-0.39, 0.29) is 18.1 Å². The first-order valence-electron chi connectivity index (χ1n) is 8.62. The lowest BCUT2D eigenvalue weighted by Crippen LogP contribution is -2.48. The fraction of sp³-hybridized carbons (Fsp3) is 0.529. The van der Waals surface area contributed by atoms with Crippen LogP contribution in [0.1, 0.15) is 37.1 Å². The Labute approximate surface area is 147 Å². The molecule has 0 radical (unpaired) electrons. The molecular weight excluding hydrogens is 318 g/mol. The van der Waals surface area contributed by atoms with Crippen molar-refractivity contribution in [2.75, 3.05) is 18.0 Å². The minimum Gasteiger partial charge on any atom is -0.341 e. The van der Waals surface area contributed by atoms with Gasteiger partial charge in [-0.3, -0.25) is 4.68 Å². The molecule has 3 heterocycles. The number of carbonyl (C=O) groups is 1. The second-order valence-electron chi connectivity index (χ2n) is 6.49. The van der Waals surface area contributed by atoms with Crippen LogP contribution >= 0.6 is 0 Å². The molecule has 2 aromatic heterocycles. The minimum atomic E-state index is -0.134. The molecule has 1 fully saturated rings. The van der Waals surface area contributed by atoms with Crippen LogP contribution in [-0.4, -0.2) is 44.9 Å². The molecule has 0 aliphatic carbocycles. The fourth-order valence-electron chi connectivity index (χ4n) is 3.22. The van der Waals surface area contributed by atoms with Crippen molar-refractivity contribution >= 4 is 12.0 Å². The summed E-state index contributed by atoms with van der Waals surface area (Å²) in [7, 11) is 1.88. The van der Waals surface area contributed by atoms with Crippen LogP contribution in [0.2, 0.25) is 0 Å². The summed E-state index contributed by atoms with van der Waals surface area (Å²) in [5, 5.41) is 10.4. The molecule has 2 amide bonds. The molecule has 2 N–H and O–H groups in total. The first-order chi connectivity index (χ1) is 12.0. The monoisotopic (exact) mass is 343 g/mol. The molecule has 25 heavy (non-hydrogen) atoms. The van der Waals surface area contributed by atoms with E-state index in [1.54, 1.807) is 17.1 Å². The number of urea groups is 1. The molecule has 0 aromatic carbocycles. The molecule has 8 nitrogen and oxygen atoms in total. The molecule has 0 saturated carbocycles. The normalized spacial score (nSPS) is 16.5. The van der Waals surface area contributed by atoms with Crippen molar-refractivity contribution in [1.29, 1.82) is 0 Å². The molecule has 1 saturated heterocycles. The summed E-state index contributed by atoms with van der Waals surface area (Å²) in [4.78, 5) is 23.0. The maximum atomic E-state index is 12.3. The molecule has 3 rings (SSSR count). The van der Waals surface area contributed by atoms with E-state index < -0.39 is 0 Å². The first kappa shape index (κ1) is 17.2. The highest BCUT2D eigenvalue weighted by atomic mass is 16.2. The van der Waals surface area contributed by atoms with Gasteiger partial charge in [-0.25, -0.2) is 14.8 Å². The number of hydrogen-bond acceptors (Lipinski definition) is 5.